The second kappa shape index (κ2) is 9.35. The lowest BCUT2D eigenvalue weighted by molar-refractivity contribution is -0.121. The summed E-state index contributed by atoms with van der Waals surface area (Å²) in [4.78, 5) is 30.2. The number of aryl methyl sites for hydroxylation is 1. The molecule has 3 aromatic carbocycles. The van der Waals surface area contributed by atoms with Crippen molar-refractivity contribution in [1.82, 2.24) is 14.9 Å². The molecule has 0 aliphatic carbocycles. The summed E-state index contributed by atoms with van der Waals surface area (Å²) in [5, 5.41) is 2.86. The van der Waals surface area contributed by atoms with Crippen molar-refractivity contribution in [3.63, 3.8) is 0 Å². The lowest BCUT2D eigenvalue weighted by Gasteiger charge is -2.13. The molecule has 172 valence electrons. The Kier molecular flexibility index (Phi) is 5.95. The zero-order valence-electron chi connectivity index (χ0n) is 18.3. The molecular weight excluding hydrogens is 437 g/mol. The molecule has 1 amide bonds. The molecule has 0 atom stereocenters. The van der Waals surface area contributed by atoms with Crippen LogP contribution in [0.5, 0.6) is 11.5 Å². The van der Waals surface area contributed by atoms with Crippen LogP contribution in [0.2, 0.25) is 0 Å². The van der Waals surface area contributed by atoms with Gasteiger partial charge < -0.3 is 19.4 Å². The Bertz CT molecular complexity index is 1430. The average Bonchev–Trinajstić information content (AvgIpc) is 3.32. The third-order valence-electron chi connectivity index (χ3n) is 5.72. The third kappa shape index (κ3) is 4.47. The van der Waals surface area contributed by atoms with Crippen LogP contribution >= 0.6 is 0 Å². The number of amides is 1. The highest BCUT2D eigenvalue weighted by Gasteiger charge is 2.15. The Labute approximate surface area is 194 Å². The molecule has 0 saturated carbocycles. The maximum absolute atomic E-state index is 14.3. The van der Waals surface area contributed by atoms with Gasteiger partial charge in [-0.3, -0.25) is 9.59 Å². The van der Waals surface area contributed by atoms with Crippen LogP contribution in [-0.2, 0) is 24.3 Å². The number of nitrogens with zero attached hydrogens (tertiary/aromatic N) is 2. The lowest BCUT2D eigenvalue weighted by atomic mass is 10.1. The van der Waals surface area contributed by atoms with Gasteiger partial charge in [0, 0.05) is 24.9 Å². The summed E-state index contributed by atoms with van der Waals surface area (Å²) in [5.74, 6) is 0.763. The molecule has 1 aromatic heterocycles. The summed E-state index contributed by atoms with van der Waals surface area (Å²) >= 11 is 0. The predicted octanol–water partition coefficient (Wildman–Crippen LogP) is 3.56. The Hall–Kier alpha value is -4.20. The second-order valence-electron chi connectivity index (χ2n) is 7.99. The van der Waals surface area contributed by atoms with Gasteiger partial charge >= 0.3 is 0 Å². The van der Waals surface area contributed by atoms with Crippen molar-refractivity contribution < 1.29 is 18.7 Å². The molecule has 0 bridgehead atoms. The number of nitrogens with one attached hydrogen (secondary N) is 1. The van der Waals surface area contributed by atoms with E-state index in [1.165, 1.54) is 10.6 Å². The number of benzene rings is 3. The van der Waals surface area contributed by atoms with Crippen LogP contribution < -0.4 is 20.3 Å². The third-order valence-corrected chi connectivity index (χ3v) is 5.72. The number of fused-ring (bicyclic) bond motifs is 2. The standard InChI is InChI=1S/C26H22FN3O4/c27-19-6-2-1-5-18(19)15-30-22-8-4-3-7-20(22)29-21(26(30)32)10-12-25(31)28-14-17-9-11-23-24(13-17)34-16-33-23/h1-9,11,13H,10,12,14-16H2,(H,28,31). The first-order chi connectivity index (χ1) is 16.6. The Balaban J connectivity index is 1.31. The van der Waals surface area contributed by atoms with Crippen molar-refractivity contribution in [2.75, 3.05) is 6.79 Å². The molecule has 0 saturated heterocycles. The van der Waals surface area contributed by atoms with Crippen LogP contribution in [0.1, 0.15) is 23.2 Å². The predicted molar refractivity (Wildman–Crippen MR) is 124 cm³/mol. The van der Waals surface area contributed by atoms with Gasteiger partial charge in [-0.2, -0.15) is 0 Å². The van der Waals surface area contributed by atoms with Crippen LogP contribution in [0.4, 0.5) is 4.39 Å². The van der Waals surface area contributed by atoms with Gasteiger partial charge in [0.2, 0.25) is 12.7 Å². The van der Waals surface area contributed by atoms with Gasteiger partial charge in [0.1, 0.15) is 11.5 Å². The van der Waals surface area contributed by atoms with E-state index < -0.39 is 0 Å². The number of halogens is 1. The van der Waals surface area contributed by atoms with E-state index in [0.29, 0.717) is 34.6 Å². The number of hydrogen-bond donors (Lipinski definition) is 1. The van der Waals surface area contributed by atoms with E-state index >= 15 is 0 Å². The number of para-hydroxylation sites is 2. The molecule has 7 nitrogen and oxygen atoms in total. The summed E-state index contributed by atoms with van der Waals surface area (Å²) in [5.41, 5.74) is 2.47. The SMILES string of the molecule is O=C(CCc1nc2ccccc2n(Cc2ccccc2F)c1=O)NCc1ccc2c(c1)OCO2. The van der Waals surface area contributed by atoms with Crippen molar-refractivity contribution in [3.05, 3.63) is 99.7 Å². The quantitative estimate of drug-likeness (QED) is 0.457. The van der Waals surface area contributed by atoms with Gasteiger partial charge in [-0.15, -0.1) is 0 Å². The van der Waals surface area contributed by atoms with Gasteiger partial charge in [-0.25, -0.2) is 9.37 Å². The maximum atomic E-state index is 14.3. The Morgan fingerprint density at radius 3 is 2.71 bits per heavy atom. The van der Waals surface area contributed by atoms with Gasteiger partial charge in [0.15, 0.2) is 11.5 Å². The van der Waals surface area contributed by atoms with Crippen LogP contribution in [-0.4, -0.2) is 22.3 Å². The molecular formula is C26H22FN3O4. The summed E-state index contributed by atoms with van der Waals surface area (Å²) in [6.45, 7) is 0.605. The van der Waals surface area contributed by atoms with E-state index in [9.17, 15) is 14.0 Å². The monoisotopic (exact) mass is 459 g/mol. The zero-order chi connectivity index (χ0) is 23.5. The first-order valence-electron chi connectivity index (χ1n) is 11.0. The molecule has 5 rings (SSSR count). The summed E-state index contributed by atoms with van der Waals surface area (Å²) in [6, 6.07) is 19.1. The normalized spacial score (nSPS) is 12.1. The number of hydrogen-bond acceptors (Lipinski definition) is 5. The van der Waals surface area contributed by atoms with E-state index in [1.807, 2.05) is 24.3 Å². The topological polar surface area (TPSA) is 82.5 Å². The highest BCUT2D eigenvalue weighted by atomic mass is 19.1. The first-order valence-corrected chi connectivity index (χ1v) is 11.0. The van der Waals surface area contributed by atoms with Crippen molar-refractivity contribution >= 4 is 16.9 Å². The number of rotatable bonds is 7. The molecule has 0 fully saturated rings. The Morgan fingerprint density at radius 2 is 1.82 bits per heavy atom. The van der Waals surface area contributed by atoms with E-state index in [4.69, 9.17) is 9.47 Å². The van der Waals surface area contributed by atoms with Gasteiger partial charge in [0.25, 0.3) is 5.56 Å². The summed E-state index contributed by atoms with van der Waals surface area (Å²) in [6.07, 6.45) is 0.277. The molecule has 0 spiro atoms. The van der Waals surface area contributed by atoms with Gasteiger partial charge in [-0.1, -0.05) is 36.4 Å². The molecule has 0 radical (unpaired) electrons. The van der Waals surface area contributed by atoms with Crippen LogP contribution in [0, 0.1) is 5.82 Å². The Morgan fingerprint density at radius 1 is 1.03 bits per heavy atom. The molecule has 1 aliphatic rings. The fourth-order valence-electron chi connectivity index (χ4n) is 3.93. The van der Waals surface area contributed by atoms with Crippen molar-refractivity contribution in [2.45, 2.75) is 25.9 Å². The number of ether oxygens (including phenoxy) is 2. The highest BCUT2D eigenvalue weighted by molar-refractivity contribution is 5.77. The minimum Gasteiger partial charge on any atom is -0.454 e. The maximum Gasteiger partial charge on any atom is 0.273 e. The molecule has 1 aliphatic heterocycles. The van der Waals surface area contributed by atoms with Crippen molar-refractivity contribution in [2.24, 2.45) is 0 Å². The molecule has 1 N–H and O–H groups in total. The largest absolute Gasteiger partial charge is 0.454 e. The zero-order valence-corrected chi connectivity index (χ0v) is 18.3. The second-order valence-corrected chi connectivity index (χ2v) is 7.99. The van der Waals surface area contributed by atoms with Gasteiger partial charge in [0.05, 0.1) is 17.6 Å². The summed E-state index contributed by atoms with van der Waals surface area (Å²) < 4.78 is 26.4. The van der Waals surface area contributed by atoms with Crippen LogP contribution in [0.3, 0.4) is 0 Å². The molecule has 0 unspecified atom stereocenters. The molecule has 8 heteroatoms. The molecule has 34 heavy (non-hydrogen) atoms. The lowest BCUT2D eigenvalue weighted by Crippen LogP contribution is -2.28. The molecule has 4 aromatic rings. The van der Waals surface area contributed by atoms with E-state index in [0.717, 1.165) is 5.56 Å². The number of aromatic nitrogens is 2. The van der Waals surface area contributed by atoms with E-state index in [-0.39, 0.29) is 49.2 Å². The highest BCUT2D eigenvalue weighted by Crippen LogP contribution is 2.32. The first kappa shape index (κ1) is 21.6. The minimum absolute atomic E-state index is 0.0812. The fourth-order valence-corrected chi connectivity index (χ4v) is 3.93. The van der Waals surface area contributed by atoms with E-state index in [1.54, 1.807) is 36.4 Å². The van der Waals surface area contributed by atoms with Crippen LogP contribution in [0.15, 0.2) is 71.5 Å². The average molecular weight is 459 g/mol. The minimum atomic E-state index is -0.375. The van der Waals surface area contributed by atoms with Crippen molar-refractivity contribution in [1.29, 1.82) is 0 Å². The fraction of sp³-hybridized carbons (Fsp3) is 0.192. The van der Waals surface area contributed by atoms with Crippen LogP contribution in [0.25, 0.3) is 11.0 Å². The number of carbonyl (C=O) groups is 1. The smallest absolute Gasteiger partial charge is 0.273 e. The van der Waals surface area contributed by atoms with Gasteiger partial charge in [-0.05, 0) is 35.9 Å². The van der Waals surface area contributed by atoms with Crippen molar-refractivity contribution in [3.8, 4) is 11.5 Å². The molecule has 2 heterocycles. The van der Waals surface area contributed by atoms with E-state index in [2.05, 4.69) is 10.3 Å². The number of carbonyl (C=O) groups excluding carboxylic acids is 1. The summed E-state index contributed by atoms with van der Waals surface area (Å²) in [7, 11) is 0.